The van der Waals surface area contributed by atoms with Crippen LogP contribution in [0.4, 0.5) is 0 Å². The lowest BCUT2D eigenvalue weighted by molar-refractivity contribution is 0.310. The molecular weight excluding hydrogens is 140 g/mol. The Balaban J connectivity index is 2.03. The van der Waals surface area contributed by atoms with E-state index in [1.807, 2.05) is 0 Å². The van der Waals surface area contributed by atoms with Crippen LogP contribution in [0.3, 0.4) is 0 Å². The van der Waals surface area contributed by atoms with E-state index in [1.54, 1.807) is 0 Å². The molecule has 1 spiro atoms. The highest BCUT2D eigenvalue weighted by Crippen LogP contribution is 2.51. The molecule has 1 atom stereocenters. The van der Waals surface area contributed by atoms with Gasteiger partial charge in [-0.1, -0.05) is 12.8 Å². The first-order chi connectivity index (χ1) is 4.81. The first-order valence-corrected chi connectivity index (χ1v) is 5.01. The third-order valence-corrected chi connectivity index (χ3v) is 3.78. The molecule has 0 heterocycles. The fourth-order valence-corrected chi connectivity index (χ4v) is 3.27. The number of thiol groups is 1. The standard InChI is InChI=1S/C9H16S/c10-8-3-6-9(7-8)4-1-2-5-9/h8,10H,1-7H2. The molecule has 1 heteroatoms. The van der Waals surface area contributed by atoms with Crippen molar-refractivity contribution in [2.45, 2.75) is 50.2 Å². The summed E-state index contributed by atoms with van der Waals surface area (Å²) in [5, 5.41) is 0.734. The summed E-state index contributed by atoms with van der Waals surface area (Å²) in [6, 6.07) is 0. The van der Waals surface area contributed by atoms with Crippen molar-refractivity contribution in [2.24, 2.45) is 5.41 Å². The Labute approximate surface area is 68.8 Å². The molecular formula is C9H16S. The van der Waals surface area contributed by atoms with Gasteiger partial charge in [0.15, 0.2) is 0 Å². The van der Waals surface area contributed by atoms with Crippen LogP contribution in [0.5, 0.6) is 0 Å². The van der Waals surface area contributed by atoms with Gasteiger partial charge in [-0.05, 0) is 37.5 Å². The number of rotatable bonds is 0. The van der Waals surface area contributed by atoms with Crippen LogP contribution in [0.1, 0.15) is 44.9 Å². The van der Waals surface area contributed by atoms with Crippen LogP contribution in [0.15, 0.2) is 0 Å². The van der Waals surface area contributed by atoms with Gasteiger partial charge in [-0.3, -0.25) is 0 Å². The quantitative estimate of drug-likeness (QED) is 0.512. The Bertz CT molecular complexity index is 125. The third kappa shape index (κ3) is 1.09. The maximum absolute atomic E-state index is 4.54. The van der Waals surface area contributed by atoms with E-state index >= 15 is 0 Å². The zero-order valence-corrected chi connectivity index (χ0v) is 7.37. The summed E-state index contributed by atoms with van der Waals surface area (Å²) < 4.78 is 0. The van der Waals surface area contributed by atoms with Gasteiger partial charge in [-0.25, -0.2) is 0 Å². The summed E-state index contributed by atoms with van der Waals surface area (Å²) in [7, 11) is 0. The minimum absolute atomic E-state index is 0.734. The summed E-state index contributed by atoms with van der Waals surface area (Å²) in [4.78, 5) is 0. The topological polar surface area (TPSA) is 0 Å². The second-order valence-electron chi connectivity index (χ2n) is 4.10. The van der Waals surface area contributed by atoms with Crippen LogP contribution < -0.4 is 0 Å². The molecule has 0 radical (unpaired) electrons. The molecule has 0 aromatic heterocycles. The first-order valence-electron chi connectivity index (χ1n) is 4.49. The number of hydrogen-bond acceptors (Lipinski definition) is 1. The van der Waals surface area contributed by atoms with Gasteiger partial charge >= 0.3 is 0 Å². The van der Waals surface area contributed by atoms with Crippen LogP contribution in [-0.2, 0) is 0 Å². The molecule has 1 unspecified atom stereocenters. The lowest BCUT2D eigenvalue weighted by Crippen LogP contribution is -2.10. The van der Waals surface area contributed by atoms with E-state index in [0.29, 0.717) is 0 Å². The van der Waals surface area contributed by atoms with Crippen molar-refractivity contribution in [2.75, 3.05) is 0 Å². The average molecular weight is 156 g/mol. The minimum atomic E-state index is 0.734. The normalized spacial score (nSPS) is 37.5. The van der Waals surface area contributed by atoms with Crippen molar-refractivity contribution in [3.63, 3.8) is 0 Å². The molecule has 0 N–H and O–H groups in total. The average Bonchev–Trinajstić information content (AvgIpc) is 2.46. The Hall–Kier alpha value is 0.350. The van der Waals surface area contributed by atoms with Gasteiger partial charge < -0.3 is 0 Å². The highest BCUT2D eigenvalue weighted by molar-refractivity contribution is 7.80. The molecule has 2 fully saturated rings. The molecule has 10 heavy (non-hydrogen) atoms. The molecule has 2 saturated carbocycles. The molecule has 2 aliphatic rings. The van der Waals surface area contributed by atoms with E-state index < -0.39 is 0 Å². The molecule has 0 aromatic carbocycles. The summed E-state index contributed by atoms with van der Waals surface area (Å²) in [5.74, 6) is 0. The molecule has 0 saturated heterocycles. The van der Waals surface area contributed by atoms with Gasteiger partial charge in [0.1, 0.15) is 0 Å². The fourth-order valence-electron chi connectivity index (χ4n) is 2.76. The Morgan fingerprint density at radius 2 is 1.80 bits per heavy atom. The maximum atomic E-state index is 4.54. The van der Waals surface area contributed by atoms with Crippen LogP contribution >= 0.6 is 12.6 Å². The van der Waals surface area contributed by atoms with E-state index in [4.69, 9.17) is 0 Å². The van der Waals surface area contributed by atoms with Crippen LogP contribution in [-0.4, -0.2) is 5.25 Å². The third-order valence-electron chi connectivity index (χ3n) is 3.34. The number of hydrogen-bond donors (Lipinski definition) is 1. The van der Waals surface area contributed by atoms with Crippen molar-refractivity contribution >= 4 is 12.6 Å². The minimum Gasteiger partial charge on any atom is -0.176 e. The van der Waals surface area contributed by atoms with Gasteiger partial charge in [0.05, 0.1) is 0 Å². The highest BCUT2D eigenvalue weighted by atomic mass is 32.1. The van der Waals surface area contributed by atoms with Crippen molar-refractivity contribution in [3.8, 4) is 0 Å². The molecule has 58 valence electrons. The highest BCUT2D eigenvalue weighted by Gasteiger charge is 2.39. The zero-order valence-electron chi connectivity index (χ0n) is 6.47. The smallest absolute Gasteiger partial charge is 0.00222 e. The zero-order chi connectivity index (χ0) is 7.03. The molecule has 0 bridgehead atoms. The predicted molar refractivity (Wildman–Crippen MR) is 47.5 cm³/mol. The van der Waals surface area contributed by atoms with Crippen molar-refractivity contribution < 1.29 is 0 Å². The Kier molecular flexibility index (Phi) is 1.71. The van der Waals surface area contributed by atoms with E-state index in [-0.39, 0.29) is 0 Å². The monoisotopic (exact) mass is 156 g/mol. The van der Waals surface area contributed by atoms with Crippen molar-refractivity contribution in [1.82, 2.24) is 0 Å². The van der Waals surface area contributed by atoms with Gasteiger partial charge in [0.2, 0.25) is 0 Å². The van der Waals surface area contributed by atoms with E-state index in [2.05, 4.69) is 12.6 Å². The van der Waals surface area contributed by atoms with Gasteiger partial charge in [-0.2, -0.15) is 12.6 Å². The largest absolute Gasteiger partial charge is 0.176 e. The van der Waals surface area contributed by atoms with Gasteiger partial charge in [0, 0.05) is 5.25 Å². The second kappa shape index (κ2) is 2.44. The van der Waals surface area contributed by atoms with E-state index in [9.17, 15) is 0 Å². The Morgan fingerprint density at radius 3 is 2.30 bits per heavy atom. The predicted octanol–water partition coefficient (Wildman–Crippen LogP) is 3.03. The summed E-state index contributed by atoms with van der Waals surface area (Å²) in [6.07, 6.45) is 10.2. The summed E-state index contributed by atoms with van der Waals surface area (Å²) in [5.41, 5.74) is 0.784. The fraction of sp³-hybridized carbons (Fsp3) is 1.00. The van der Waals surface area contributed by atoms with E-state index in [0.717, 1.165) is 10.7 Å². The van der Waals surface area contributed by atoms with Gasteiger partial charge in [0.25, 0.3) is 0 Å². The lowest BCUT2D eigenvalue weighted by atomic mass is 9.85. The van der Waals surface area contributed by atoms with Crippen LogP contribution in [0.25, 0.3) is 0 Å². The van der Waals surface area contributed by atoms with Crippen LogP contribution in [0.2, 0.25) is 0 Å². The lowest BCUT2D eigenvalue weighted by Gasteiger charge is -2.21. The molecule has 0 aliphatic heterocycles. The van der Waals surface area contributed by atoms with Crippen molar-refractivity contribution in [1.29, 1.82) is 0 Å². The van der Waals surface area contributed by atoms with Crippen LogP contribution in [0, 0.1) is 5.41 Å². The van der Waals surface area contributed by atoms with E-state index in [1.165, 1.54) is 44.9 Å². The first kappa shape index (κ1) is 7.02. The molecule has 0 amide bonds. The second-order valence-corrected chi connectivity index (χ2v) is 4.83. The Morgan fingerprint density at radius 1 is 1.10 bits per heavy atom. The SMILES string of the molecule is SC1CCC2(CCCC2)C1. The van der Waals surface area contributed by atoms with Crippen molar-refractivity contribution in [3.05, 3.63) is 0 Å². The summed E-state index contributed by atoms with van der Waals surface area (Å²) >= 11 is 4.54. The maximum Gasteiger partial charge on any atom is 0.00222 e. The molecule has 0 aromatic rings. The molecule has 2 rings (SSSR count). The van der Waals surface area contributed by atoms with Gasteiger partial charge in [-0.15, -0.1) is 0 Å². The summed E-state index contributed by atoms with van der Waals surface area (Å²) in [6.45, 7) is 0. The molecule has 0 nitrogen and oxygen atoms in total. The molecule has 2 aliphatic carbocycles.